The molecule has 3 N–H and O–H groups in total. The molecule has 0 aliphatic heterocycles. The highest BCUT2D eigenvalue weighted by Gasteiger charge is 2.24. The van der Waals surface area contributed by atoms with Crippen molar-refractivity contribution in [1.29, 1.82) is 0 Å². The van der Waals surface area contributed by atoms with E-state index >= 15 is 0 Å². The number of hydrogen-bond acceptors (Lipinski definition) is 5. The molecule has 3 unspecified atom stereocenters. The maximum absolute atomic E-state index is 13.2. The van der Waals surface area contributed by atoms with Crippen LogP contribution in [0.3, 0.4) is 0 Å². The van der Waals surface area contributed by atoms with Crippen molar-refractivity contribution >= 4 is 11.9 Å². The van der Waals surface area contributed by atoms with Crippen LogP contribution in [0.2, 0.25) is 0 Å². The SMILES string of the molecule is CCCCC/C=C/C=C/CCCCCCCCC(=O)OC(CCC/C=C/C=C/CCCCCCCCC)CC(=O)NC(CO)C(O)CCCCCCCCCCCCC. The molecule has 1 amide bonds. The van der Waals surface area contributed by atoms with Gasteiger partial charge in [-0.3, -0.25) is 9.59 Å². The van der Waals surface area contributed by atoms with E-state index in [0.29, 0.717) is 19.3 Å². The van der Waals surface area contributed by atoms with E-state index in [0.717, 1.165) is 64.2 Å². The highest BCUT2D eigenvalue weighted by Crippen LogP contribution is 2.17. The lowest BCUT2D eigenvalue weighted by Crippen LogP contribution is -2.46. The lowest BCUT2D eigenvalue weighted by atomic mass is 10.0. The molecule has 0 saturated heterocycles. The summed E-state index contributed by atoms with van der Waals surface area (Å²) in [5.74, 6) is -0.531. The molecule has 0 bridgehead atoms. The number of aliphatic hydroxyl groups is 2. The molecule has 0 aromatic carbocycles. The molecule has 0 aromatic rings. The molecule has 59 heavy (non-hydrogen) atoms. The predicted octanol–water partition coefficient (Wildman–Crippen LogP) is 15.1. The number of carbonyl (C=O) groups is 2. The number of amides is 1. The maximum Gasteiger partial charge on any atom is 0.306 e. The van der Waals surface area contributed by atoms with Crippen LogP contribution in [-0.2, 0) is 14.3 Å². The Balaban J connectivity index is 4.67. The molecule has 0 rings (SSSR count). The van der Waals surface area contributed by atoms with Gasteiger partial charge in [0.05, 0.1) is 25.2 Å². The molecule has 0 radical (unpaired) electrons. The summed E-state index contributed by atoms with van der Waals surface area (Å²) < 4.78 is 5.90. The first-order valence-electron chi connectivity index (χ1n) is 25.4. The Bertz CT molecular complexity index is 1020. The summed E-state index contributed by atoms with van der Waals surface area (Å²) >= 11 is 0. The molecule has 344 valence electrons. The van der Waals surface area contributed by atoms with Gasteiger partial charge in [0.2, 0.25) is 5.91 Å². The van der Waals surface area contributed by atoms with Crippen LogP contribution in [0.25, 0.3) is 0 Å². The van der Waals surface area contributed by atoms with Crippen LogP contribution in [0.5, 0.6) is 0 Å². The molecule has 3 atom stereocenters. The smallest absolute Gasteiger partial charge is 0.306 e. The van der Waals surface area contributed by atoms with Gasteiger partial charge in [0.25, 0.3) is 0 Å². The lowest BCUT2D eigenvalue weighted by molar-refractivity contribution is -0.151. The van der Waals surface area contributed by atoms with Gasteiger partial charge >= 0.3 is 5.97 Å². The zero-order valence-electron chi connectivity index (χ0n) is 39.1. The van der Waals surface area contributed by atoms with Crippen molar-refractivity contribution in [3.8, 4) is 0 Å². The average Bonchev–Trinajstić information content (AvgIpc) is 3.23. The van der Waals surface area contributed by atoms with Crippen molar-refractivity contribution in [3.63, 3.8) is 0 Å². The van der Waals surface area contributed by atoms with E-state index in [1.165, 1.54) is 141 Å². The second kappa shape index (κ2) is 46.9. The van der Waals surface area contributed by atoms with Crippen molar-refractivity contribution in [1.82, 2.24) is 5.32 Å². The Labute approximate surface area is 366 Å². The fraction of sp³-hybridized carbons (Fsp3) is 0.811. The predicted molar refractivity (Wildman–Crippen MR) is 255 cm³/mol. The highest BCUT2D eigenvalue weighted by atomic mass is 16.5. The Morgan fingerprint density at radius 1 is 0.492 bits per heavy atom. The fourth-order valence-corrected chi connectivity index (χ4v) is 7.54. The first-order valence-corrected chi connectivity index (χ1v) is 25.4. The van der Waals surface area contributed by atoms with Gasteiger partial charge in [-0.05, 0) is 70.6 Å². The summed E-state index contributed by atoms with van der Waals surface area (Å²) in [5, 5.41) is 23.7. The minimum Gasteiger partial charge on any atom is -0.462 e. The van der Waals surface area contributed by atoms with Crippen LogP contribution in [0.1, 0.15) is 252 Å². The van der Waals surface area contributed by atoms with E-state index in [9.17, 15) is 19.8 Å². The van der Waals surface area contributed by atoms with Crippen LogP contribution in [0.4, 0.5) is 0 Å². The summed E-state index contributed by atoms with van der Waals surface area (Å²) in [6, 6.07) is -0.717. The Morgan fingerprint density at radius 3 is 1.32 bits per heavy atom. The van der Waals surface area contributed by atoms with Crippen molar-refractivity contribution in [2.45, 2.75) is 270 Å². The summed E-state index contributed by atoms with van der Waals surface area (Å²) in [6.45, 7) is 6.43. The van der Waals surface area contributed by atoms with Crippen molar-refractivity contribution < 1.29 is 24.5 Å². The van der Waals surface area contributed by atoms with E-state index in [2.05, 4.69) is 74.7 Å². The zero-order valence-corrected chi connectivity index (χ0v) is 39.1. The van der Waals surface area contributed by atoms with Gasteiger partial charge in [0.1, 0.15) is 6.10 Å². The Hall–Kier alpha value is -2.18. The van der Waals surface area contributed by atoms with Gasteiger partial charge in [0.15, 0.2) is 0 Å². The molecule has 6 heteroatoms. The number of esters is 1. The molecule has 0 spiro atoms. The fourth-order valence-electron chi connectivity index (χ4n) is 7.54. The third-order valence-electron chi connectivity index (χ3n) is 11.4. The molecule has 0 heterocycles. The van der Waals surface area contributed by atoms with Gasteiger partial charge < -0.3 is 20.3 Å². The average molecular weight is 828 g/mol. The minimum absolute atomic E-state index is 0.0402. The number of hydrogen-bond donors (Lipinski definition) is 3. The third-order valence-corrected chi connectivity index (χ3v) is 11.4. The van der Waals surface area contributed by atoms with Crippen molar-refractivity contribution in [2.24, 2.45) is 0 Å². The lowest BCUT2D eigenvalue weighted by Gasteiger charge is -2.24. The summed E-state index contributed by atoms with van der Waals surface area (Å²) in [4.78, 5) is 26.1. The largest absolute Gasteiger partial charge is 0.462 e. The van der Waals surface area contributed by atoms with E-state index in [-0.39, 0.29) is 24.9 Å². The van der Waals surface area contributed by atoms with Crippen LogP contribution >= 0.6 is 0 Å². The molecule has 0 aliphatic rings. The number of allylic oxidation sites excluding steroid dienone is 8. The van der Waals surface area contributed by atoms with Crippen LogP contribution < -0.4 is 5.32 Å². The molecule has 0 saturated carbocycles. The normalized spacial score (nSPS) is 13.6. The number of unbranched alkanes of at least 4 members (excludes halogenated alkanes) is 27. The first kappa shape index (κ1) is 56.8. The molecular weight excluding hydrogens is 731 g/mol. The topological polar surface area (TPSA) is 95.9 Å². The molecule has 0 fully saturated rings. The van der Waals surface area contributed by atoms with Crippen LogP contribution in [0.15, 0.2) is 48.6 Å². The molecule has 0 aliphatic carbocycles. The van der Waals surface area contributed by atoms with E-state index in [1.54, 1.807) is 0 Å². The van der Waals surface area contributed by atoms with Crippen LogP contribution in [-0.4, -0.2) is 46.9 Å². The van der Waals surface area contributed by atoms with Crippen molar-refractivity contribution in [2.75, 3.05) is 6.61 Å². The maximum atomic E-state index is 13.2. The number of carbonyl (C=O) groups excluding carboxylic acids is 2. The van der Waals surface area contributed by atoms with E-state index in [4.69, 9.17) is 4.74 Å². The van der Waals surface area contributed by atoms with Gasteiger partial charge in [-0.15, -0.1) is 0 Å². The summed E-state index contributed by atoms with van der Waals surface area (Å²) in [5.41, 5.74) is 0. The number of rotatable bonds is 45. The van der Waals surface area contributed by atoms with Crippen molar-refractivity contribution in [3.05, 3.63) is 48.6 Å². The second-order valence-corrected chi connectivity index (χ2v) is 17.3. The number of nitrogens with one attached hydrogen (secondary N) is 1. The highest BCUT2D eigenvalue weighted by molar-refractivity contribution is 5.77. The molecular formula is C53H97NO5. The first-order chi connectivity index (χ1) is 29.0. The Kier molecular flexibility index (Phi) is 45.1. The quantitative estimate of drug-likeness (QED) is 0.0323. The van der Waals surface area contributed by atoms with Crippen LogP contribution in [0, 0.1) is 0 Å². The van der Waals surface area contributed by atoms with Gasteiger partial charge in [-0.2, -0.15) is 0 Å². The summed E-state index contributed by atoms with van der Waals surface area (Å²) in [7, 11) is 0. The molecule has 6 nitrogen and oxygen atoms in total. The van der Waals surface area contributed by atoms with Gasteiger partial charge in [-0.1, -0.05) is 217 Å². The monoisotopic (exact) mass is 828 g/mol. The van der Waals surface area contributed by atoms with E-state index in [1.807, 2.05) is 0 Å². The minimum atomic E-state index is -0.800. The number of ether oxygens (including phenoxy) is 1. The second-order valence-electron chi connectivity index (χ2n) is 17.3. The van der Waals surface area contributed by atoms with Gasteiger partial charge in [0, 0.05) is 6.42 Å². The zero-order chi connectivity index (χ0) is 43.1. The Morgan fingerprint density at radius 2 is 0.864 bits per heavy atom. The van der Waals surface area contributed by atoms with E-state index < -0.39 is 18.2 Å². The third kappa shape index (κ3) is 42.3. The molecule has 0 aromatic heterocycles. The standard InChI is InChI=1S/C53H97NO5/c1-4-7-10-13-16-19-22-24-26-28-31-34-37-40-43-46-53(58)59-49(44-41-38-35-32-30-27-25-23-20-17-14-11-8-5-2)47-52(57)54-50(48-55)51(56)45-42-39-36-33-29-21-18-15-12-9-6-3/h16,19,22,24,27,30,32,35,49-51,55-56H,4-15,17-18,20-21,23,25-26,28-29,31,33-34,36-48H2,1-3H3,(H,54,57)/b19-16+,24-22+,30-27+,35-32+. The van der Waals surface area contributed by atoms with Gasteiger partial charge in [-0.25, -0.2) is 0 Å². The number of aliphatic hydroxyl groups excluding tert-OH is 2. The summed E-state index contributed by atoms with van der Waals surface area (Å²) in [6.07, 6.45) is 56.0.